The molecular weight excluding hydrogens is 254 g/mol. The summed E-state index contributed by atoms with van der Waals surface area (Å²) in [6.07, 6.45) is 0. The van der Waals surface area contributed by atoms with Gasteiger partial charge in [0, 0.05) is 0 Å². The van der Waals surface area contributed by atoms with Gasteiger partial charge in [0.15, 0.2) is 5.16 Å². The summed E-state index contributed by atoms with van der Waals surface area (Å²) in [5, 5.41) is 17.0. The Morgan fingerprint density at radius 3 is 2.72 bits per heavy atom. The molecule has 0 aliphatic heterocycles. The smallest absolute Gasteiger partial charge is 0.322 e. The van der Waals surface area contributed by atoms with E-state index in [4.69, 9.17) is 9.84 Å². The number of carboxylic acid groups (broad SMARTS) is 1. The number of para-hydroxylation sites is 1. The van der Waals surface area contributed by atoms with Crippen LogP contribution in [0.1, 0.15) is 0 Å². The topological polar surface area (TPSA) is 77.2 Å². The largest absolute Gasteiger partial charge is 0.481 e. The number of ether oxygens (including phenoxy) is 1. The Kier molecular flexibility index (Phi) is 3.83. The molecular formula is C11H11N3O3S. The Balaban J connectivity index is 2.37. The van der Waals surface area contributed by atoms with E-state index in [9.17, 15) is 4.79 Å². The quantitative estimate of drug-likeness (QED) is 0.824. The number of aromatic nitrogens is 3. The van der Waals surface area contributed by atoms with Crippen molar-refractivity contribution >= 4 is 17.7 Å². The van der Waals surface area contributed by atoms with Crippen LogP contribution >= 0.6 is 11.8 Å². The number of aliphatic carboxylic acids is 1. The zero-order valence-electron chi connectivity index (χ0n) is 9.61. The maximum Gasteiger partial charge on any atom is 0.322 e. The fourth-order valence-electron chi connectivity index (χ4n) is 1.41. The number of hydrogen-bond acceptors (Lipinski definition) is 5. The van der Waals surface area contributed by atoms with Crippen molar-refractivity contribution in [2.24, 2.45) is 0 Å². The van der Waals surface area contributed by atoms with Gasteiger partial charge in [0.2, 0.25) is 0 Å². The SMILES string of the molecule is COc1nnc(SCC(=O)O)n1-c1ccccc1. The Bertz CT molecular complexity index is 542. The summed E-state index contributed by atoms with van der Waals surface area (Å²) in [5.74, 6) is -0.976. The first-order valence-electron chi connectivity index (χ1n) is 5.12. The summed E-state index contributed by atoms with van der Waals surface area (Å²) in [4.78, 5) is 10.6. The van der Waals surface area contributed by atoms with Crippen molar-refractivity contribution < 1.29 is 14.6 Å². The highest BCUT2D eigenvalue weighted by Gasteiger charge is 2.15. The second-order valence-electron chi connectivity index (χ2n) is 3.32. The van der Waals surface area contributed by atoms with Gasteiger partial charge in [0.1, 0.15) is 0 Å². The van der Waals surface area contributed by atoms with Crippen LogP contribution in [0.15, 0.2) is 35.5 Å². The van der Waals surface area contributed by atoms with Gasteiger partial charge in [-0.15, -0.1) is 5.10 Å². The second kappa shape index (κ2) is 5.54. The lowest BCUT2D eigenvalue weighted by Gasteiger charge is -2.07. The van der Waals surface area contributed by atoms with Crippen LogP contribution in [0.2, 0.25) is 0 Å². The standard InChI is InChI=1S/C11H11N3O3S/c1-17-10-12-13-11(18-7-9(15)16)14(10)8-5-3-2-4-6-8/h2-6H,7H2,1H3,(H,15,16). The highest BCUT2D eigenvalue weighted by atomic mass is 32.2. The number of methoxy groups -OCH3 is 1. The summed E-state index contributed by atoms with van der Waals surface area (Å²) in [7, 11) is 1.50. The summed E-state index contributed by atoms with van der Waals surface area (Å²) in [6, 6.07) is 9.72. The summed E-state index contributed by atoms with van der Waals surface area (Å²) < 4.78 is 6.79. The first-order chi connectivity index (χ1) is 8.72. The molecule has 0 saturated heterocycles. The molecule has 0 unspecified atom stereocenters. The van der Waals surface area contributed by atoms with Crippen molar-refractivity contribution in [3.63, 3.8) is 0 Å². The minimum Gasteiger partial charge on any atom is -0.481 e. The third kappa shape index (κ3) is 2.62. The van der Waals surface area contributed by atoms with E-state index in [0.29, 0.717) is 11.2 Å². The van der Waals surface area contributed by atoms with Crippen LogP contribution in [-0.4, -0.2) is 38.7 Å². The Hall–Kier alpha value is -2.02. The Morgan fingerprint density at radius 1 is 1.39 bits per heavy atom. The number of thioether (sulfide) groups is 1. The highest BCUT2D eigenvalue weighted by Crippen LogP contribution is 2.25. The molecule has 1 aromatic carbocycles. The monoisotopic (exact) mass is 265 g/mol. The summed E-state index contributed by atoms with van der Waals surface area (Å²) >= 11 is 1.10. The third-order valence-corrected chi connectivity index (χ3v) is 3.04. The van der Waals surface area contributed by atoms with E-state index in [1.807, 2.05) is 30.3 Å². The molecule has 0 aliphatic rings. The van der Waals surface area contributed by atoms with Crippen molar-refractivity contribution in [3.05, 3.63) is 30.3 Å². The molecule has 1 heterocycles. The van der Waals surface area contributed by atoms with Gasteiger partial charge < -0.3 is 9.84 Å². The average Bonchev–Trinajstić information content (AvgIpc) is 2.80. The van der Waals surface area contributed by atoms with Gasteiger partial charge in [0.05, 0.1) is 18.6 Å². The fourth-order valence-corrected chi connectivity index (χ4v) is 2.07. The molecule has 2 aromatic rings. The molecule has 94 valence electrons. The lowest BCUT2D eigenvalue weighted by molar-refractivity contribution is -0.133. The van der Waals surface area contributed by atoms with E-state index in [1.165, 1.54) is 7.11 Å². The van der Waals surface area contributed by atoms with Crippen LogP contribution in [0.3, 0.4) is 0 Å². The molecule has 18 heavy (non-hydrogen) atoms. The molecule has 0 aliphatic carbocycles. The molecule has 7 heteroatoms. The lowest BCUT2D eigenvalue weighted by atomic mass is 10.3. The minimum atomic E-state index is -0.901. The van der Waals surface area contributed by atoms with E-state index in [0.717, 1.165) is 17.4 Å². The van der Waals surface area contributed by atoms with E-state index in [-0.39, 0.29) is 5.75 Å². The second-order valence-corrected chi connectivity index (χ2v) is 4.27. The van der Waals surface area contributed by atoms with Crippen molar-refractivity contribution in [1.29, 1.82) is 0 Å². The third-order valence-electron chi connectivity index (χ3n) is 2.13. The molecule has 0 radical (unpaired) electrons. The van der Waals surface area contributed by atoms with Crippen LogP contribution in [0.5, 0.6) is 6.01 Å². The summed E-state index contributed by atoms with van der Waals surface area (Å²) in [5.41, 5.74) is 0.826. The van der Waals surface area contributed by atoms with Gasteiger partial charge >= 0.3 is 12.0 Å². The molecule has 0 saturated carbocycles. The van der Waals surface area contributed by atoms with Crippen molar-refractivity contribution in [1.82, 2.24) is 14.8 Å². The molecule has 6 nitrogen and oxygen atoms in total. The first-order valence-corrected chi connectivity index (χ1v) is 6.10. The van der Waals surface area contributed by atoms with E-state index in [1.54, 1.807) is 4.57 Å². The molecule has 0 amide bonds. The van der Waals surface area contributed by atoms with Crippen molar-refractivity contribution in [3.8, 4) is 11.7 Å². The van der Waals surface area contributed by atoms with E-state index < -0.39 is 5.97 Å². The molecule has 0 atom stereocenters. The molecule has 0 spiro atoms. The van der Waals surface area contributed by atoms with Crippen LogP contribution in [0, 0.1) is 0 Å². The van der Waals surface area contributed by atoms with Crippen LogP contribution in [0.25, 0.3) is 5.69 Å². The molecule has 1 aromatic heterocycles. The predicted molar refractivity (Wildman–Crippen MR) is 66.3 cm³/mol. The number of benzene rings is 1. The molecule has 2 rings (SSSR count). The number of nitrogens with zero attached hydrogens (tertiary/aromatic N) is 3. The van der Waals surface area contributed by atoms with Gasteiger partial charge in [0.25, 0.3) is 0 Å². The van der Waals surface area contributed by atoms with Crippen LogP contribution in [-0.2, 0) is 4.79 Å². The van der Waals surface area contributed by atoms with Crippen LogP contribution < -0.4 is 4.74 Å². The molecule has 0 bridgehead atoms. The maximum atomic E-state index is 10.6. The van der Waals surface area contributed by atoms with Gasteiger partial charge in [-0.2, -0.15) is 0 Å². The van der Waals surface area contributed by atoms with Gasteiger partial charge in [-0.3, -0.25) is 4.79 Å². The average molecular weight is 265 g/mol. The van der Waals surface area contributed by atoms with Gasteiger partial charge in [-0.25, -0.2) is 4.57 Å². The maximum absolute atomic E-state index is 10.6. The number of rotatable bonds is 5. The number of hydrogen-bond donors (Lipinski definition) is 1. The number of carbonyl (C=O) groups is 1. The lowest BCUT2D eigenvalue weighted by Crippen LogP contribution is -2.03. The van der Waals surface area contributed by atoms with Crippen molar-refractivity contribution in [2.45, 2.75) is 5.16 Å². The van der Waals surface area contributed by atoms with Crippen LogP contribution in [0.4, 0.5) is 0 Å². The Morgan fingerprint density at radius 2 is 2.11 bits per heavy atom. The fraction of sp³-hybridized carbons (Fsp3) is 0.182. The minimum absolute atomic E-state index is 0.0747. The first kappa shape index (κ1) is 12.4. The number of carboxylic acids is 1. The highest BCUT2D eigenvalue weighted by molar-refractivity contribution is 7.99. The zero-order chi connectivity index (χ0) is 13.0. The van der Waals surface area contributed by atoms with E-state index >= 15 is 0 Å². The van der Waals surface area contributed by atoms with E-state index in [2.05, 4.69) is 10.2 Å². The molecule has 1 N–H and O–H groups in total. The normalized spacial score (nSPS) is 10.3. The van der Waals surface area contributed by atoms with Crippen molar-refractivity contribution in [2.75, 3.05) is 12.9 Å². The van der Waals surface area contributed by atoms with Gasteiger partial charge in [-0.1, -0.05) is 35.1 Å². The Labute approximate surface area is 108 Å². The predicted octanol–water partition coefficient (Wildman–Crippen LogP) is 1.45. The van der Waals surface area contributed by atoms with Gasteiger partial charge in [-0.05, 0) is 12.1 Å². The zero-order valence-corrected chi connectivity index (χ0v) is 10.4. The summed E-state index contributed by atoms with van der Waals surface area (Å²) in [6.45, 7) is 0. The molecule has 0 fully saturated rings.